The van der Waals surface area contributed by atoms with Crippen LogP contribution in [0.3, 0.4) is 0 Å². The summed E-state index contributed by atoms with van der Waals surface area (Å²) in [5.41, 5.74) is 0.648. The summed E-state index contributed by atoms with van der Waals surface area (Å²) in [6, 6.07) is 6.32. The molecule has 0 aliphatic heterocycles. The number of unbranched alkanes of at least 4 members (excludes halogenated alkanes) is 3. The number of benzene rings is 1. The summed E-state index contributed by atoms with van der Waals surface area (Å²) in [5.74, 6) is -0.661. The van der Waals surface area contributed by atoms with Crippen LogP contribution in [-0.2, 0) is 9.53 Å². The Morgan fingerprint density at radius 2 is 1.73 bits per heavy atom. The third-order valence-electron chi connectivity index (χ3n) is 4.04. The largest absolute Gasteiger partial charge is 0.494 e. The standard InChI is InChI=1S/C21H30O5/c1-4-5-6-7-9-19(26-21(24)16(2)3)10-8-15-25-18-13-11-17(12-14-18)20(22)23/h11-14,19H,2,4-10,15H2,1,3H3,(H,22,23). The van der Waals surface area contributed by atoms with Gasteiger partial charge in [-0.2, -0.15) is 0 Å². The van der Waals surface area contributed by atoms with Crippen LogP contribution in [0.4, 0.5) is 0 Å². The van der Waals surface area contributed by atoms with Gasteiger partial charge < -0.3 is 14.6 Å². The molecule has 0 amide bonds. The summed E-state index contributed by atoms with van der Waals surface area (Å²) in [6.07, 6.45) is 6.77. The number of carboxylic acid groups (broad SMARTS) is 1. The lowest BCUT2D eigenvalue weighted by Crippen LogP contribution is -2.19. The molecule has 1 N–H and O–H groups in total. The van der Waals surface area contributed by atoms with E-state index < -0.39 is 5.97 Å². The monoisotopic (exact) mass is 362 g/mol. The summed E-state index contributed by atoms with van der Waals surface area (Å²) in [6.45, 7) is 7.94. The number of aromatic carboxylic acids is 1. The third-order valence-corrected chi connectivity index (χ3v) is 4.04. The van der Waals surface area contributed by atoms with Crippen LogP contribution in [0, 0.1) is 0 Å². The van der Waals surface area contributed by atoms with Gasteiger partial charge in [0.15, 0.2) is 0 Å². The number of carbonyl (C=O) groups excluding carboxylic acids is 1. The summed E-state index contributed by atoms with van der Waals surface area (Å²) in [4.78, 5) is 22.6. The minimum Gasteiger partial charge on any atom is -0.494 e. The number of esters is 1. The summed E-state index contributed by atoms with van der Waals surface area (Å²) < 4.78 is 11.2. The highest BCUT2D eigenvalue weighted by atomic mass is 16.5. The first kappa shape index (κ1) is 21.7. The molecule has 144 valence electrons. The van der Waals surface area contributed by atoms with Crippen LogP contribution in [-0.4, -0.2) is 29.8 Å². The molecule has 0 aliphatic rings. The Kier molecular flexibility index (Phi) is 10.1. The second kappa shape index (κ2) is 12.1. The van der Waals surface area contributed by atoms with E-state index >= 15 is 0 Å². The van der Waals surface area contributed by atoms with E-state index in [4.69, 9.17) is 14.6 Å². The first-order valence-corrected chi connectivity index (χ1v) is 9.26. The average molecular weight is 362 g/mol. The Morgan fingerprint density at radius 1 is 1.08 bits per heavy atom. The molecule has 1 atom stereocenters. The third kappa shape index (κ3) is 8.70. The molecule has 0 heterocycles. The molecule has 5 nitrogen and oxygen atoms in total. The maximum absolute atomic E-state index is 11.8. The van der Waals surface area contributed by atoms with Crippen molar-refractivity contribution in [1.82, 2.24) is 0 Å². The van der Waals surface area contributed by atoms with Gasteiger partial charge in [0.1, 0.15) is 11.9 Å². The fourth-order valence-corrected chi connectivity index (χ4v) is 2.51. The molecule has 1 rings (SSSR count). The predicted octanol–water partition coefficient (Wildman–Crippen LogP) is 5.00. The van der Waals surface area contributed by atoms with Crippen molar-refractivity contribution in [2.75, 3.05) is 6.61 Å². The van der Waals surface area contributed by atoms with E-state index in [0.717, 1.165) is 32.1 Å². The minimum absolute atomic E-state index is 0.117. The molecule has 0 saturated heterocycles. The molecule has 1 unspecified atom stereocenters. The molecule has 0 fully saturated rings. The molecule has 0 aromatic heterocycles. The van der Waals surface area contributed by atoms with Crippen molar-refractivity contribution in [3.05, 3.63) is 42.0 Å². The fraction of sp³-hybridized carbons (Fsp3) is 0.524. The normalized spacial score (nSPS) is 11.6. The molecule has 0 spiro atoms. The smallest absolute Gasteiger partial charge is 0.335 e. The quantitative estimate of drug-likeness (QED) is 0.304. The lowest BCUT2D eigenvalue weighted by molar-refractivity contribution is -0.145. The Bertz CT molecular complexity index is 577. The molecule has 5 heteroatoms. The maximum Gasteiger partial charge on any atom is 0.335 e. The van der Waals surface area contributed by atoms with Gasteiger partial charge in [-0.05, 0) is 56.9 Å². The molecule has 26 heavy (non-hydrogen) atoms. The van der Waals surface area contributed by atoms with Gasteiger partial charge in [0.2, 0.25) is 0 Å². The minimum atomic E-state index is -0.957. The Morgan fingerprint density at radius 3 is 2.31 bits per heavy atom. The second-order valence-electron chi connectivity index (χ2n) is 6.48. The lowest BCUT2D eigenvalue weighted by atomic mass is 10.1. The van der Waals surface area contributed by atoms with E-state index in [9.17, 15) is 9.59 Å². The van der Waals surface area contributed by atoms with Gasteiger partial charge in [-0.25, -0.2) is 9.59 Å². The van der Waals surface area contributed by atoms with Crippen molar-refractivity contribution in [2.24, 2.45) is 0 Å². The lowest BCUT2D eigenvalue weighted by Gasteiger charge is -2.18. The van der Waals surface area contributed by atoms with E-state index in [1.807, 2.05) is 0 Å². The van der Waals surface area contributed by atoms with Crippen molar-refractivity contribution in [2.45, 2.75) is 64.9 Å². The van der Waals surface area contributed by atoms with Crippen LogP contribution in [0.2, 0.25) is 0 Å². The van der Waals surface area contributed by atoms with E-state index in [2.05, 4.69) is 13.5 Å². The first-order valence-electron chi connectivity index (χ1n) is 9.26. The zero-order valence-electron chi connectivity index (χ0n) is 15.8. The fourth-order valence-electron chi connectivity index (χ4n) is 2.51. The molecule has 0 aliphatic carbocycles. The number of carboxylic acids is 1. The van der Waals surface area contributed by atoms with E-state index in [0.29, 0.717) is 17.9 Å². The number of rotatable bonds is 13. The highest BCUT2D eigenvalue weighted by Crippen LogP contribution is 2.16. The number of carbonyl (C=O) groups is 2. The van der Waals surface area contributed by atoms with Crippen LogP contribution in [0.15, 0.2) is 36.4 Å². The molecule has 0 saturated carbocycles. The van der Waals surface area contributed by atoms with Gasteiger partial charge in [0.05, 0.1) is 12.2 Å². The summed E-state index contributed by atoms with van der Waals surface area (Å²) in [7, 11) is 0. The number of ether oxygens (including phenoxy) is 2. The van der Waals surface area contributed by atoms with Crippen molar-refractivity contribution < 1.29 is 24.2 Å². The van der Waals surface area contributed by atoms with Gasteiger partial charge in [0, 0.05) is 5.57 Å². The van der Waals surface area contributed by atoms with Crippen molar-refractivity contribution >= 4 is 11.9 Å². The zero-order chi connectivity index (χ0) is 19.4. The number of hydrogen-bond donors (Lipinski definition) is 1. The molecular weight excluding hydrogens is 332 g/mol. The van der Waals surface area contributed by atoms with Crippen molar-refractivity contribution in [3.63, 3.8) is 0 Å². The van der Waals surface area contributed by atoms with Crippen LogP contribution in [0.25, 0.3) is 0 Å². The molecule has 1 aromatic carbocycles. The highest BCUT2D eigenvalue weighted by Gasteiger charge is 2.14. The molecule has 1 aromatic rings. The van der Waals surface area contributed by atoms with Crippen LogP contribution in [0.1, 0.15) is 69.2 Å². The van der Waals surface area contributed by atoms with Crippen LogP contribution < -0.4 is 4.74 Å². The number of hydrogen-bond acceptors (Lipinski definition) is 4. The summed E-state index contributed by atoms with van der Waals surface area (Å²) >= 11 is 0. The average Bonchev–Trinajstić information content (AvgIpc) is 2.62. The summed E-state index contributed by atoms with van der Waals surface area (Å²) in [5, 5.41) is 8.88. The van der Waals surface area contributed by atoms with Gasteiger partial charge in [-0.15, -0.1) is 0 Å². The van der Waals surface area contributed by atoms with Gasteiger partial charge >= 0.3 is 11.9 Å². The maximum atomic E-state index is 11.8. The topological polar surface area (TPSA) is 72.8 Å². The Hall–Kier alpha value is -2.30. The molecule has 0 radical (unpaired) electrons. The van der Waals surface area contributed by atoms with Gasteiger partial charge in [0.25, 0.3) is 0 Å². The first-order chi connectivity index (χ1) is 12.4. The second-order valence-corrected chi connectivity index (χ2v) is 6.48. The van der Waals surface area contributed by atoms with Crippen molar-refractivity contribution in [3.8, 4) is 5.75 Å². The van der Waals surface area contributed by atoms with E-state index in [1.54, 1.807) is 19.1 Å². The zero-order valence-corrected chi connectivity index (χ0v) is 15.8. The van der Waals surface area contributed by atoms with Gasteiger partial charge in [-0.3, -0.25) is 0 Å². The van der Waals surface area contributed by atoms with Crippen molar-refractivity contribution in [1.29, 1.82) is 0 Å². The van der Waals surface area contributed by atoms with Gasteiger partial charge in [-0.1, -0.05) is 32.8 Å². The Labute approximate surface area is 156 Å². The van der Waals surface area contributed by atoms with E-state index in [-0.39, 0.29) is 17.6 Å². The van der Waals surface area contributed by atoms with Crippen LogP contribution in [0.5, 0.6) is 5.75 Å². The predicted molar refractivity (Wildman–Crippen MR) is 102 cm³/mol. The Balaban J connectivity index is 2.39. The van der Waals surface area contributed by atoms with E-state index in [1.165, 1.54) is 25.0 Å². The highest BCUT2D eigenvalue weighted by molar-refractivity contribution is 5.87. The molecule has 0 bridgehead atoms. The SMILES string of the molecule is C=C(C)C(=O)OC(CCCCCC)CCCOc1ccc(C(=O)O)cc1. The molecular formula is C21H30O5. The van der Waals surface area contributed by atoms with Crippen LogP contribution >= 0.6 is 0 Å².